The molecule has 0 aromatic heterocycles. The second kappa shape index (κ2) is 7.68. The summed E-state index contributed by atoms with van der Waals surface area (Å²) in [5.41, 5.74) is 2.91. The highest BCUT2D eigenvalue weighted by molar-refractivity contribution is 5.98. The molecule has 2 N–H and O–H groups in total. The van der Waals surface area contributed by atoms with Crippen LogP contribution < -0.4 is 5.43 Å². The van der Waals surface area contributed by atoms with E-state index in [1.807, 2.05) is 0 Å². The average molecular weight is 325 g/mol. The van der Waals surface area contributed by atoms with Gasteiger partial charge in [-0.3, -0.25) is 14.9 Å². The van der Waals surface area contributed by atoms with E-state index in [4.69, 9.17) is 0 Å². The summed E-state index contributed by atoms with van der Waals surface area (Å²) >= 11 is 0. The number of rotatable bonds is 6. The number of nitro groups is 1. The Bertz CT molecular complexity index is 815. The second-order valence-electron chi connectivity index (χ2n) is 4.82. The van der Waals surface area contributed by atoms with Gasteiger partial charge in [0, 0.05) is 11.6 Å². The minimum Gasteiger partial charge on any atom is -0.507 e. The quantitative estimate of drug-likeness (QED) is 0.369. The Labute approximate surface area is 138 Å². The number of amides is 1. The van der Waals surface area contributed by atoms with Crippen molar-refractivity contribution in [3.63, 3.8) is 0 Å². The Morgan fingerprint density at radius 2 is 2.04 bits per heavy atom. The van der Waals surface area contributed by atoms with Gasteiger partial charge in [0.25, 0.3) is 11.6 Å². The zero-order chi connectivity index (χ0) is 17.5. The number of carbonyl (C=O) groups is 1. The summed E-state index contributed by atoms with van der Waals surface area (Å²) in [4.78, 5) is 22.3. The fourth-order valence-corrected chi connectivity index (χ4v) is 2.08. The number of para-hydroxylation sites is 2. The lowest BCUT2D eigenvalue weighted by molar-refractivity contribution is -0.385. The smallest absolute Gasteiger partial charge is 0.282 e. The maximum Gasteiger partial charge on any atom is 0.282 e. The summed E-state index contributed by atoms with van der Waals surface area (Å²) in [6.45, 7) is 3.61. The average Bonchev–Trinajstić information content (AvgIpc) is 2.58. The van der Waals surface area contributed by atoms with Crippen LogP contribution in [0.4, 0.5) is 5.69 Å². The van der Waals surface area contributed by atoms with Crippen LogP contribution in [0.15, 0.2) is 60.2 Å². The second-order valence-corrected chi connectivity index (χ2v) is 4.82. The summed E-state index contributed by atoms with van der Waals surface area (Å²) < 4.78 is 0. The molecule has 0 saturated carbocycles. The molecule has 2 aromatic carbocycles. The van der Waals surface area contributed by atoms with Gasteiger partial charge >= 0.3 is 0 Å². The van der Waals surface area contributed by atoms with Crippen LogP contribution in [0.25, 0.3) is 0 Å². The van der Waals surface area contributed by atoms with E-state index >= 15 is 0 Å². The van der Waals surface area contributed by atoms with Crippen LogP contribution in [0, 0.1) is 10.1 Å². The molecule has 1 amide bonds. The first-order valence-electron chi connectivity index (χ1n) is 7.03. The van der Waals surface area contributed by atoms with Crippen molar-refractivity contribution in [3.8, 4) is 5.75 Å². The third-order valence-electron chi connectivity index (χ3n) is 3.23. The van der Waals surface area contributed by atoms with Crippen molar-refractivity contribution in [2.24, 2.45) is 5.10 Å². The predicted molar refractivity (Wildman–Crippen MR) is 90.2 cm³/mol. The van der Waals surface area contributed by atoms with E-state index in [1.54, 1.807) is 24.3 Å². The van der Waals surface area contributed by atoms with Crippen LogP contribution in [0.3, 0.4) is 0 Å². The molecule has 0 aliphatic rings. The molecule has 0 saturated heterocycles. The topological polar surface area (TPSA) is 105 Å². The van der Waals surface area contributed by atoms with Gasteiger partial charge in [0.15, 0.2) is 0 Å². The highest BCUT2D eigenvalue weighted by Gasteiger charge is 2.18. The molecule has 0 atom stereocenters. The highest BCUT2D eigenvalue weighted by atomic mass is 16.6. The first-order chi connectivity index (χ1) is 11.5. The molecule has 0 heterocycles. The lowest BCUT2D eigenvalue weighted by Crippen LogP contribution is -2.19. The van der Waals surface area contributed by atoms with E-state index < -0.39 is 10.8 Å². The molecule has 0 fully saturated rings. The van der Waals surface area contributed by atoms with Gasteiger partial charge in [-0.25, -0.2) is 5.43 Å². The van der Waals surface area contributed by atoms with E-state index in [9.17, 15) is 20.0 Å². The highest BCUT2D eigenvalue weighted by Crippen LogP contribution is 2.21. The lowest BCUT2D eigenvalue weighted by atomic mass is 10.1. The van der Waals surface area contributed by atoms with E-state index in [2.05, 4.69) is 17.1 Å². The molecule has 0 bridgehead atoms. The zero-order valence-electron chi connectivity index (χ0n) is 12.7. The van der Waals surface area contributed by atoms with Gasteiger partial charge < -0.3 is 5.11 Å². The van der Waals surface area contributed by atoms with E-state index in [0.717, 1.165) is 0 Å². The molecule has 7 nitrogen and oxygen atoms in total. The van der Waals surface area contributed by atoms with Gasteiger partial charge in [-0.15, -0.1) is 6.58 Å². The Kier molecular flexibility index (Phi) is 5.40. The number of hydrogen-bond donors (Lipinski definition) is 2. The van der Waals surface area contributed by atoms with Crippen molar-refractivity contribution in [2.45, 2.75) is 6.42 Å². The monoisotopic (exact) mass is 325 g/mol. The first-order valence-corrected chi connectivity index (χ1v) is 7.03. The largest absolute Gasteiger partial charge is 0.507 e. The minimum absolute atomic E-state index is 0.0427. The summed E-state index contributed by atoms with van der Waals surface area (Å²) in [7, 11) is 0. The molecule has 0 spiro atoms. The number of phenolic OH excluding ortho intramolecular Hbond substituents is 1. The number of phenols is 1. The molecule has 2 aromatic rings. The third kappa shape index (κ3) is 3.83. The van der Waals surface area contributed by atoms with Gasteiger partial charge in [0.05, 0.1) is 11.1 Å². The van der Waals surface area contributed by atoms with E-state index in [0.29, 0.717) is 17.5 Å². The standard InChI is InChI=1S/C17H15N3O4/c1-2-6-12-7-5-8-13(16(12)21)11-18-19-17(22)14-9-3-4-10-15(14)20(23)24/h2-5,7-11,21H,1,6H2,(H,19,22)/b18-11+. The number of nitrogens with one attached hydrogen (secondary N) is 1. The number of allylic oxidation sites excluding steroid dienone is 1. The fourth-order valence-electron chi connectivity index (χ4n) is 2.08. The van der Waals surface area contributed by atoms with Crippen LogP contribution in [-0.2, 0) is 6.42 Å². The minimum atomic E-state index is -0.708. The van der Waals surface area contributed by atoms with Crippen molar-refractivity contribution in [2.75, 3.05) is 0 Å². The molecule has 0 aliphatic heterocycles. The van der Waals surface area contributed by atoms with Gasteiger partial charge in [-0.05, 0) is 24.1 Å². The number of aromatic hydroxyl groups is 1. The molecule has 0 aliphatic carbocycles. The van der Waals surface area contributed by atoms with Crippen LogP contribution in [0.1, 0.15) is 21.5 Å². The normalized spacial score (nSPS) is 10.5. The van der Waals surface area contributed by atoms with Gasteiger partial charge in [0.2, 0.25) is 0 Å². The van der Waals surface area contributed by atoms with Gasteiger partial charge in [-0.2, -0.15) is 5.10 Å². The molecule has 7 heteroatoms. The molecule has 2 rings (SSSR count). The van der Waals surface area contributed by atoms with E-state index in [1.165, 1.54) is 30.5 Å². The van der Waals surface area contributed by atoms with Crippen LogP contribution in [0.5, 0.6) is 5.75 Å². The maximum absolute atomic E-state index is 12.0. The first kappa shape index (κ1) is 16.9. The van der Waals surface area contributed by atoms with Crippen molar-refractivity contribution in [1.82, 2.24) is 5.43 Å². The molecule has 0 radical (unpaired) electrons. The molecule has 0 unspecified atom stereocenters. The molecule has 122 valence electrons. The predicted octanol–water partition coefficient (Wildman–Crippen LogP) is 2.79. The SMILES string of the molecule is C=CCc1cccc(/C=N/NC(=O)c2ccccc2[N+](=O)[O-])c1O. The summed E-state index contributed by atoms with van der Waals surface area (Å²) in [6.07, 6.45) is 3.43. The van der Waals surface area contributed by atoms with Gasteiger partial charge in [0.1, 0.15) is 11.3 Å². The van der Waals surface area contributed by atoms with Crippen LogP contribution >= 0.6 is 0 Å². The Hall–Kier alpha value is -3.48. The Balaban J connectivity index is 2.15. The molecular formula is C17H15N3O4. The number of hydrazone groups is 1. The number of nitro benzene ring substituents is 1. The van der Waals surface area contributed by atoms with Crippen molar-refractivity contribution in [1.29, 1.82) is 0 Å². The molecular weight excluding hydrogens is 310 g/mol. The number of hydrogen-bond acceptors (Lipinski definition) is 5. The Morgan fingerprint density at radius 3 is 2.75 bits per heavy atom. The van der Waals surface area contributed by atoms with Crippen molar-refractivity contribution in [3.05, 3.63) is 81.9 Å². The number of nitrogens with zero attached hydrogens (tertiary/aromatic N) is 2. The summed E-state index contributed by atoms with van der Waals surface area (Å²) in [5.74, 6) is -0.665. The fraction of sp³-hybridized carbons (Fsp3) is 0.0588. The molecule has 24 heavy (non-hydrogen) atoms. The summed E-state index contributed by atoms with van der Waals surface area (Å²) in [5, 5.41) is 24.7. The zero-order valence-corrected chi connectivity index (χ0v) is 12.7. The third-order valence-corrected chi connectivity index (χ3v) is 3.23. The van der Waals surface area contributed by atoms with Gasteiger partial charge in [-0.1, -0.05) is 30.3 Å². The number of carbonyl (C=O) groups excluding carboxylic acids is 1. The van der Waals surface area contributed by atoms with E-state index in [-0.39, 0.29) is 17.0 Å². The van der Waals surface area contributed by atoms with Crippen molar-refractivity contribution < 1.29 is 14.8 Å². The van der Waals surface area contributed by atoms with Crippen molar-refractivity contribution >= 4 is 17.8 Å². The number of benzene rings is 2. The van der Waals surface area contributed by atoms with Crippen LogP contribution in [-0.4, -0.2) is 22.2 Å². The summed E-state index contributed by atoms with van der Waals surface area (Å²) in [6, 6.07) is 10.7. The Morgan fingerprint density at radius 1 is 1.29 bits per heavy atom. The maximum atomic E-state index is 12.0. The van der Waals surface area contributed by atoms with Crippen LogP contribution in [0.2, 0.25) is 0 Å². The lowest BCUT2D eigenvalue weighted by Gasteiger charge is -2.05.